The van der Waals surface area contributed by atoms with E-state index in [0.717, 1.165) is 30.6 Å². The van der Waals surface area contributed by atoms with Gasteiger partial charge in [0.05, 0.1) is 20.3 Å². The molecule has 1 aromatic rings. The van der Waals surface area contributed by atoms with Crippen molar-refractivity contribution < 1.29 is 22.7 Å². The number of methoxy groups -OCH3 is 1. The number of hydrogen-bond acceptors (Lipinski definition) is 6. The number of piperidine rings is 1. The van der Waals surface area contributed by atoms with Crippen LogP contribution in [0.1, 0.15) is 28.9 Å². The lowest BCUT2D eigenvalue weighted by Crippen LogP contribution is -2.57. The highest BCUT2D eigenvalue weighted by molar-refractivity contribution is 7.89. The van der Waals surface area contributed by atoms with Crippen LogP contribution in [0.3, 0.4) is 0 Å². The number of nitrogens with zero attached hydrogens (tertiary/aromatic N) is 1. The third-order valence-electron chi connectivity index (χ3n) is 3.97. The van der Waals surface area contributed by atoms with Crippen molar-refractivity contribution in [2.75, 3.05) is 20.3 Å². The Kier molecular flexibility index (Phi) is 4.04. The number of fused-ring (bicyclic) bond motifs is 2. The van der Waals surface area contributed by atoms with Gasteiger partial charge in [-0.15, -0.1) is 11.3 Å². The van der Waals surface area contributed by atoms with Gasteiger partial charge in [-0.1, -0.05) is 6.42 Å². The van der Waals surface area contributed by atoms with E-state index in [0.29, 0.717) is 13.2 Å². The first-order valence-electron chi connectivity index (χ1n) is 6.83. The summed E-state index contributed by atoms with van der Waals surface area (Å²) in [5.74, 6) is -0.609. The van der Waals surface area contributed by atoms with Crippen LogP contribution in [0.5, 0.6) is 0 Å². The van der Waals surface area contributed by atoms with Crippen molar-refractivity contribution in [2.24, 2.45) is 0 Å². The number of esters is 1. The molecule has 0 saturated carbocycles. The van der Waals surface area contributed by atoms with E-state index in [4.69, 9.17) is 4.74 Å². The summed E-state index contributed by atoms with van der Waals surface area (Å²) >= 11 is 1.09. The number of rotatable bonds is 3. The van der Waals surface area contributed by atoms with Gasteiger partial charge in [0.2, 0.25) is 10.0 Å². The van der Waals surface area contributed by atoms with Crippen molar-refractivity contribution in [2.45, 2.75) is 36.2 Å². The highest BCUT2D eigenvalue weighted by Crippen LogP contribution is 2.35. The molecule has 116 valence electrons. The number of carbonyl (C=O) groups is 1. The minimum absolute atomic E-state index is 0.0538. The Labute approximate surface area is 127 Å². The maximum atomic E-state index is 13.0. The van der Waals surface area contributed by atoms with Gasteiger partial charge in [0.15, 0.2) is 0 Å². The second-order valence-electron chi connectivity index (χ2n) is 5.22. The molecule has 2 unspecified atom stereocenters. The first kappa shape index (κ1) is 15.0. The van der Waals surface area contributed by atoms with Crippen molar-refractivity contribution in [3.8, 4) is 0 Å². The zero-order chi connectivity index (χ0) is 15.0. The first-order valence-corrected chi connectivity index (χ1v) is 9.14. The van der Waals surface area contributed by atoms with Gasteiger partial charge in [0.1, 0.15) is 9.77 Å². The second kappa shape index (κ2) is 5.68. The minimum Gasteiger partial charge on any atom is -0.465 e. The highest BCUT2D eigenvalue weighted by atomic mass is 32.2. The summed E-state index contributed by atoms with van der Waals surface area (Å²) in [5, 5.41) is 1.61. The standard InChI is InChI=1S/C13H17NO5S2/c1-18-13(15)12-11(5-6-20-12)21(16,17)14-9-3-2-4-10(14)8-19-7-9/h5-6,9-10H,2-4,7-8H2,1H3. The normalized spacial score (nSPS) is 26.5. The predicted octanol–water partition coefficient (Wildman–Crippen LogP) is 1.48. The molecule has 2 aliphatic rings. The summed E-state index contributed by atoms with van der Waals surface area (Å²) in [7, 11) is -2.45. The fraction of sp³-hybridized carbons (Fsp3) is 0.615. The molecule has 3 heterocycles. The second-order valence-corrected chi connectivity index (χ2v) is 7.94. The van der Waals surface area contributed by atoms with Crippen LogP contribution in [0.4, 0.5) is 0 Å². The van der Waals surface area contributed by atoms with E-state index in [1.807, 2.05) is 0 Å². The van der Waals surface area contributed by atoms with E-state index in [9.17, 15) is 13.2 Å². The van der Waals surface area contributed by atoms with Crippen molar-refractivity contribution >= 4 is 27.3 Å². The molecule has 0 spiro atoms. The first-order chi connectivity index (χ1) is 10.1. The van der Waals surface area contributed by atoms with Crippen molar-refractivity contribution in [3.63, 3.8) is 0 Å². The third-order valence-corrected chi connectivity index (χ3v) is 7.04. The van der Waals surface area contributed by atoms with Gasteiger partial charge in [0.25, 0.3) is 0 Å². The molecule has 0 N–H and O–H groups in total. The summed E-state index contributed by atoms with van der Waals surface area (Å²) < 4.78 is 37.7. The number of sulfonamides is 1. The minimum atomic E-state index is -3.70. The Morgan fingerprint density at radius 3 is 2.67 bits per heavy atom. The molecule has 0 amide bonds. The van der Waals surface area contributed by atoms with E-state index >= 15 is 0 Å². The molecule has 2 saturated heterocycles. The molecular weight excluding hydrogens is 314 g/mol. The molecule has 21 heavy (non-hydrogen) atoms. The molecule has 2 bridgehead atoms. The van der Waals surface area contributed by atoms with Crippen LogP contribution < -0.4 is 0 Å². The van der Waals surface area contributed by atoms with Crippen LogP contribution in [0.25, 0.3) is 0 Å². The third kappa shape index (κ3) is 2.50. The van der Waals surface area contributed by atoms with Crippen molar-refractivity contribution in [3.05, 3.63) is 16.3 Å². The molecule has 1 aromatic heterocycles. The number of morpholine rings is 1. The fourth-order valence-electron chi connectivity index (χ4n) is 3.04. The maximum absolute atomic E-state index is 13.0. The zero-order valence-corrected chi connectivity index (χ0v) is 13.3. The molecular formula is C13H17NO5S2. The van der Waals surface area contributed by atoms with Crippen LogP contribution in [0.2, 0.25) is 0 Å². The Balaban J connectivity index is 2.01. The lowest BCUT2D eigenvalue weighted by Gasteiger charge is -2.44. The number of ether oxygens (including phenoxy) is 2. The number of carbonyl (C=O) groups excluding carboxylic acids is 1. The molecule has 2 aliphatic heterocycles. The summed E-state index contributed by atoms with van der Waals surface area (Å²) in [5.41, 5.74) is 0. The van der Waals surface area contributed by atoms with Crippen molar-refractivity contribution in [1.29, 1.82) is 0 Å². The van der Waals surface area contributed by atoms with E-state index in [2.05, 4.69) is 4.74 Å². The smallest absolute Gasteiger partial charge is 0.349 e. The highest BCUT2D eigenvalue weighted by Gasteiger charge is 2.44. The summed E-state index contributed by atoms with van der Waals surface area (Å²) in [4.78, 5) is 11.9. The molecule has 0 radical (unpaired) electrons. The van der Waals surface area contributed by atoms with Crippen molar-refractivity contribution in [1.82, 2.24) is 4.31 Å². The maximum Gasteiger partial charge on any atom is 0.349 e. The molecule has 3 rings (SSSR count). The SMILES string of the molecule is COC(=O)c1sccc1S(=O)(=O)N1C2CCCC1COC2. The Morgan fingerprint density at radius 2 is 2.05 bits per heavy atom. The molecule has 0 aromatic carbocycles. The molecule has 6 nitrogen and oxygen atoms in total. The Bertz CT molecular complexity index is 617. The van der Waals surface area contributed by atoms with Gasteiger partial charge in [-0.05, 0) is 24.3 Å². The average molecular weight is 331 g/mol. The van der Waals surface area contributed by atoms with Gasteiger partial charge < -0.3 is 9.47 Å². The molecule has 2 atom stereocenters. The van der Waals surface area contributed by atoms with Crippen LogP contribution in [-0.2, 0) is 19.5 Å². The summed E-state index contributed by atoms with van der Waals surface area (Å²) in [6, 6.07) is 1.22. The summed E-state index contributed by atoms with van der Waals surface area (Å²) in [6.07, 6.45) is 2.61. The van der Waals surface area contributed by atoms with Crippen LogP contribution in [0.15, 0.2) is 16.3 Å². The Hall–Kier alpha value is -0.960. The molecule has 2 fully saturated rings. The van der Waals surface area contributed by atoms with E-state index in [1.165, 1.54) is 13.2 Å². The summed E-state index contributed by atoms with van der Waals surface area (Å²) in [6.45, 7) is 0.848. The zero-order valence-electron chi connectivity index (χ0n) is 11.6. The fourth-order valence-corrected chi connectivity index (χ4v) is 6.20. The van der Waals surface area contributed by atoms with Gasteiger partial charge in [0, 0.05) is 12.1 Å². The van der Waals surface area contributed by atoms with Gasteiger partial charge in [-0.2, -0.15) is 4.31 Å². The monoisotopic (exact) mass is 331 g/mol. The average Bonchev–Trinajstić information content (AvgIpc) is 2.95. The van der Waals surface area contributed by atoms with Crippen LogP contribution in [-0.4, -0.2) is 51.1 Å². The van der Waals surface area contributed by atoms with E-state index in [1.54, 1.807) is 9.69 Å². The topological polar surface area (TPSA) is 72.9 Å². The molecule has 0 aliphatic carbocycles. The lowest BCUT2D eigenvalue weighted by molar-refractivity contribution is -0.0298. The number of hydrogen-bond donors (Lipinski definition) is 0. The van der Waals surface area contributed by atoms with E-state index in [-0.39, 0.29) is 21.9 Å². The largest absolute Gasteiger partial charge is 0.465 e. The van der Waals surface area contributed by atoms with Crippen LogP contribution >= 0.6 is 11.3 Å². The number of thiophene rings is 1. The van der Waals surface area contributed by atoms with Crippen LogP contribution in [0, 0.1) is 0 Å². The quantitative estimate of drug-likeness (QED) is 0.785. The Morgan fingerprint density at radius 1 is 1.38 bits per heavy atom. The van der Waals surface area contributed by atoms with Gasteiger partial charge in [-0.3, -0.25) is 0 Å². The lowest BCUT2D eigenvalue weighted by atomic mass is 9.98. The van der Waals surface area contributed by atoms with Gasteiger partial charge in [-0.25, -0.2) is 13.2 Å². The van der Waals surface area contributed by atoms with Gasteiger partial charge >= 0.3 is 5.97 Å². The predicted molar refractivity (Wildman–Crippen MR) is 76.9 cm³/mol. The molecule has 8 heteroatoms. The van der Waals surface area contributed by atoms with E-state index < -0.39 is 16.0 Å².